The third kappa shape index (κ3) is 4.35. The minimum Gasteiger partial charge on any atom is -0.399 e. The van der Waals surface area contributed by atoms with Crippen molar-refractivity contribution >= 4 is 11.6 Å². The fraction of sp³-hybridized carbons (Fsp3) is 0.316. The third-order valence-electron chi connectivity index (χ3n) is 3.65. The maximum absolute atomic E-state index is 12.4. The van der Waals surface area contributed by atoms with Crippen LogP contribution in [-0.4, -0.2) is 5.91 Å². The maximum Gasteiger partial charge on any atom is 0.224 e. The Morgan fingerprint density at radius 1 is 1.05 bits per heavy atom. The molecule has 2 rings (SSSR count). The van der Waals surface area contributed by atoms with Crippen LogP contribution in [-0.2, 0) is 11.2 Å². The second kappa shape index (κ2) is 6.65. The van der Waals surface area contributed by atoms with E-state index in [4.69, 9.17) is 5.73 Å². The third-order valence-corrected chi connectivity index (χ3v) is 3.65. The van der Waals surface area contributed by atoms with Gasteiger partial charge in [-0.3, -0.25) is 4.79 Å². The molecule has 0 aromatic heterocycles. The van der Waals surface area contributed by atoms with E-state index in [9.17, 15) is 4.79 Å². The number of rotatable bonds is 4. The number of carbonyl (C=O) groups excluding carboxylic acids is 1. The van der Waals surface area contributed by atoms with Crippen molar-refractivity contribution in [2.45, 2.75) is 33.2 Å². The van der Waals surface area contributed by atoms with Crippen LogP contribution >= 0.6 is 0 Å². The second-order valence-corrected chi connectivity index (χ2v) is 6.70. The number of hydrogen-bond donors (Lipinski definition) is 2. The van der Waals surface area contributed by atoms with Crippen molar-refractivity contribution in [1.29, 1.82) is 0 Å². The van der Waals surface area contributed by atoms with E-state index in [0.29, 0.717) is 12.1 Å². The molecule has 0 radical (unpaired) electrons. The molecule has 1 amide bonds. The van der Waals surface area contributed by atoms with Crippen LogP contribution in [0.1, 0.15) is 37.9 Å². The minimum atomic E-state index is -0.0574. The molecule has 116 valence electrons. The van der Waals surface area contributed by atoms with E-state index < -0.39 is 0 Å². The van der Waals surface area contributed by atoms with Gasteiger partial charge in [-0.15, -0.1) is 0 Å². The lowest BCUT2D eigenvalue weighted by molar-refractivity contribution is -0.122. The number of nitrogens with two attached hydrogens (primary N) is 1. The van der Waals surface area contributed by atoms with Crippen LogP contribution in [0.3, 0.4) is 0 Å². The first-order valence-corrected chi connectivity index (χ1v) is 7.55. The maximum atomic E-state index is 12.4. The molecule has 0 fully saturated rings. The molecule has 22 heavy (non-hydrogen) atoms. The summed E-state index contributed by atoms with van der Waals surface area (Å²) in [5.74, 6) is 0.0218. The molecular weight excluding hydrogens is 272 g/mol. The standard InChI is InChI=1S/C19H24N2O/c1-19(2,3)18(15-7-5-4-6-8-15)21-17(22)13-14-9-11-16(20)12-10-14/h4-12,18H,13,20H2,1-3H3,(H,21,22). The van der Waals surface area contributed by atoms with E-state index >= 15 is 0 Å². The zero-order chi connectivity index (χ0) is 16.2. The van der Waals surface area contributed by atoms with E-state index in [1.54, 1.807) is 0 Å². The summed E-state index contributed by atoms with van der Waals surface area (Å²) in [7, 11) is 0. The summed E-state index contributed by atoms with van der Waals surface area (Å²) < 4.78 is 0. The van der Waals surface area contributed by atoms with Crippen molar-refractivity contribution in [2.75, 3.05) is 5.73 Å². The summed E-state index contributed by atoms with van der Waals surface area (Å²) in [6.07, 6.45) is 0.361. The smallest absolute Gasteiger partial charge is 0.224 e. The lowest BCUT2D eigenvalue weighted by Crippen LogP contribution is -2.37. The number of nitrogens with one attached hydrogen (secondary N) is 1. The first-order chi connectivity index (χ1) is 10.4. The molecule has 0 aliphatic carbocycles. The zero-order valence-electron chi connectivity index (χ0n) is 13.5. The van der Waals surface area contributed by atoms with Crippen LogP contribution in [0.4, 0.5) is 5.69 Å². The molecule has 3 heteroatoms. The van der Waals surface area contributed by atoms with Crippen molar-refractivity contribution < 1.29 is 4.79 Å². The Kier molecular flexibility index (Phi) is 4.86. The van der Waals surface area contributed by atoms with Gasteiger partial charge < -0.3 is 11.1 Å². The van der Waals surface area contributed by atoms with Crippen LogP contribution < -0.4 is 11.1 Å². The van der Waals surface area contributed by atoms with Gasteiger partial charge in [0.05, 0.1) is 12.5 Å². The van der Waals surface area contributed by atoms with Gasteiger partial charge in [-0.05, 0) is 28.7 Å². The Morgan fingerprint density at radius 2 is 1.64 bits per heavy atom. The van der Waals surface area contributed by atoms with Crippen LogP contribution in [0.15, 0.2) is 54.6 Å². The molecular formula is C19H24N2O. The van der Waals surface area contributed by atoms with E-state index in [-0.39, 0.29) is 17.4 Å². The Labute approximate surface area is 132 Å². The monoisotopic (exact) mass is 296 g/mol. The molecule has 1 unspecified atom stereocenters. The van der Waals surface area contributed by atoms with Gasteiger partial charge in [-0.2, -0.15) is 0 Å². The first kappa shape index (κ1) is 16.1. The lowest BCUT2D eigenvalue weighted by Gasteiger charge is -2.32. The molecule has 0 spiro atoms. The van der Waals surface area contributed by atoms with Crippen molar-refractivity contribution in [1.82, 2.24) is 5.32 Å². The molecule has 0 saturated carbocycles. The molecule has 0 saturated heterocycles. The van der Waals surface area contributed by atoms with Gasteiger partial charge in [-0.25, -0.2) is 0 Å². The summed E-state index contributed by atoms with van der Waals surface area (Å²) >= 11 is 0. The summed E-state index contributed by atoms with van der Waals surface area (Å²) in [6, 6.07) is 17.5. The van der Waals surface area contributed by atoms with Crippen molar-refractivity contribution in [3.8, 4) is 0 Å². The number of hydrogen-bond acceptors (Lipinski definition) is 2. The fourth-order valence-electron chi connectivity index (χ4n) is 2.48. The molecule has 0 aliphatic heterocycles. The summed E-state index contributed by atoms with van der Waals surface area (Å²) in [5, 5.41) is 3.17. The van der Waals surface area contributed by atoms with Crippen LogP contribution in [0.25, 0.3) is 0 Å². The normalized spacial score (nSPS) is 12.7. The number of carbonyl (C=O) groups is 1. The number of amides is 1. The van der Waals surface area contributed by atoms with Gasteiger partial charge in [0.1, 0.15) is 0 Å². The number of nitrogen functional groups attached to an aromatic ring is 1. The molecule has 3 nitrogen and oxygen atoms in total. The predicted octanol–water partition coefficient (Wildman–Crippen LogP) is 3.71. The van der Waals surface area contributed by atoms with Crippen LogP contribution in [0, 0.1) is 5.41 Å². The molecule has 0 aliphatic rings. The van der Waals surface area contributed by atoms with Gasteiger partial charge in [0, 0.05) is 5.69 Å². The average Bonchev–Trinajstić information content (AvgIpc) is 2.47. The molecule has 3 N–H and O–H groups in total. The molecule has 0 heterocycles. The molecule has 2 aromatic carbocycles. The highest BCUT2D eigenvalue weighted by molar-refractivity contribution is 5.79. The van der Waals surface area contributed by atoms with E-state index in [2.05, 4.69) is 38.2 Å². The number of benzene rings is 2. The van der Waals surface area contributed by atoms with Gasteiger partial charge in [-0.1, -0.05) is 63.2 Å². The minimum absolute atomic E-state index is 0.0185. The predicted molar refractivity (Wildman–Crippen MR) is 91.3 cm³/mol. The van der Waals surface area contributed by atoms with E-state index in [0.717, 1.165) is 11.1 Å². The average molecular weight is 296 g/mol. The van der Waals surface area contributed by atoms with Crippen molar-refractivity contribution in [2.24, 2.45) is 5.41 Å². The SMILES string of the molecule is CC(C)(C)C(NC(=O)Cc1ccc(N)cc1)c1ccccc1. The summed E-state index contributed by atoms with van der Waals surface area (Å²) in [5.41, 5.74) is 8.41. The molecule has 1 atom stereocenters. The van der Waals surface area contributed by atoms with Gasteiger partial charge in [0.25, 0.3) is 0 Å². The molecule has 0 bridgehead atoms. The Hall–Kier alpha value is -2.29. The number of anilines is 1. The first-order valence-electron chi connectivity index (χ1n) is 7.55. The highest BCUT2D eigenvalue weighted by Crippen LogP contribution is 2.32. The van der Waals surface area contributed by atoms with E-state index in [1.807, 2.05) is 42.5 Å². The Morgan fingerprint density at radius 3 is 2.18 bits per heavy atom. The van der Waals surface area contributed by atoms with Gasteiger partial charge in [0.2, 0.25) is 5.91 Å². The van der Waals surface area contributed by atoms with E-state index in [1.165, 1.54) is 0 Å². The Balaban J connectivity index is 2.10. The van der Waals surface area contributed by atoms with Crippen molar-refractivity contribution in [3.05, 3.63) is 65.7 Å². The highest BCUT2D eigenvalue weighted by atomic mass is 16.1. The highest BCUT2D eigenvalue weighted by Gasteiger charge is 2.27. The quantitative estimate of drug-likeness (QED) is 0.845. The zero-order valence-corrected chi connectivity index (χ0v) is 13.5. The van der Waals surface area contributed by atoms with Crippen LogP contribution in [0.5, 0.6) is 0 Å². The largest absolute Gasteiger partial charge is 0.399 e. The second-order valence-electron chi connectivity index (χ2n) is 6.70. The van der Waals surface area contributed by atoms with Gasteiger partial charge in [0.15, 0.2) is 0 Å². The van der Waals surface area contributed by atoms with Crippen molar-refractivity contribution in [3.63, 3.8) is 0 Å². The van der Waals surface area contributed by atoms with Gasteiger partial charge >= 0.3 is 0 Å². The topological polar surface area (TPSA) is 55.1 Å². The lowest BCUT2D eigenvalue weighted by atomic mass is 9.82. The Bertz CT molecular complexity index is 612. The van der Waals surface area contributed by atoms with Crippen LogP contribution in [0.2, 0.25) is 0 Å². The summed E-state index contributed by atoms with van der Waals surface area (Å²) in [4.78, 5) is 12.4. The summed E-state index contributed by atoms with van der Waals surface area (Å²) in [6.45, 7) is 6.40. The fourth-order valence-corrected chi connectivity index (χ4v) is 2.48. The molecule has 2 aromatic rings.